The van der Waals surface area contributed by atoms with Gasteiger partial charge in [0.25, 0.3) is 0 Å². The maximum Gasteiger partial charge on any atom is 0.0444 e. The molecule has 2 rings (SSSR count). The molecule has 2 N–H and O–H groups in total. The average Bonchev–Trinajstić information content (AvgIpc) is 2.10. The number of nitrogens with two attached hydrogens (primary N) is 1. The van der Waals surface area contributed by atoms with Gasteiger partial charge in [-0.1, -0.05) is 34.0 Å². The first kappa shape index (κ1) is 10.5. The van der Waals surface area contributed by atoms with Gasteiger partial charge in [0.05, 0.1) is 0 Å². The Morgan fingerprint density at radius 2 is 2.14 bits per heavy atom. The summed E-state index contributed by atoms with van der Waals surface area (Å²) in [5, 5.41) is 0.846. The maximum atomic E-state index is 6.20. The Hall–Kier alpha value is -0.0500. The third-order valence-electron chi connectivity index (χ3n) is 3.20. The van der Waals surface area contributed by atoms with Gasteiger partial charge < -0.3 is 5.73 Å². The first-order valence-corrected chi connectivity index (χ1v) is 6.01. The fourth-order valence-corrected chi connectivity index (χ4v) is 2.77. The summed E-state index contributed by atoms with van der Waals surface area (Å²) in [6.45, 7) is 0.698. The molecule has 14 heavy (non-hydrogen) atoms. The molecule has 1 aliphatic carbocycles. The Kier molecular flexibility index (Phi) is 2.87. The van der Waals surface area contributed by atoms with Crippen molar-refractivity contribution < 1.29 is 0 Å². The second-order valence-electron chi connectivity index (χ2n) is 3.96. The molecule has 0 unspecified atom stereocenters. The van der Waals surface area contributed by atoms with Crippen molar-refractivity contribution in [2.45, 2.75) is 24.7 Å². The Morgan fingerprint density at radius 1 is 1.43 bits per heavy atom. The van der Waals surface area contributed by atoms with E-state index < -0.39 is 0 Å². The van der Waals surface area contributed by atoms with Gasteiger partial charge in [-0.2, -0.15) is 0 Å². The molecule has 0 radical (unpaired) electrons. The first-order valence-electron chi connectivity index (χ1n) is 4.83. The van der Waals surface area contributed by atoms with Gasteiger partial charge >= 0.3 is 0 Å². The Balaban J connectivity index is 2.43. The van der Waals surface area contributed by atoms with Crippen LogP contribution >= 0.6 is 27.5 Å². The zero-order valence-electron chi connectivity index (χ0n) is 7.89. The molecule has 0 saturated heterocycles. The lowest BCUT2D eigenvalue weighted by Gasteiger charge is -2.42. The van der Waals surface area contributed by atoms with Crippen LogP contribution in [0, 0.1) is 0 Å². The molecule has 3 heteroatoms. The van der Waals surface area contributed by atoms with Crippen molar-refractivity contribution in [2.75, 3.05) is 6.54 Å². The lowest BCUT2D eigenvalue weighted by atomic mass is 9.64. The van der Waals surface area contributed by atoms with Crippen LogP contribution in [0.5, 0.6) is 0 Å². The molecule has 0 aliphatic heterocycles. The monoisotopic (exact) mass is 273 g/mol. The summed E-state index contributed by atoms with van der Waals surface area (Å²) in [5.41, 5.74) is 7.21. The highest BCUT2D eigenvalue weighted by atomic mass is 79.9. The zero-order chi connectivity index (χ0) is 10.2. The first-order chi connectivity index (χ1) is 6.68. The molecule has 0 spiro atoms. The molecule has 1 fully saturated rings. The SMILES string of the molecule is NCC1(c2cc(Br)ccc2Cl)CCC1. The van der Waals surface area contributed by atoms with Crippen LogP contribution in [0.1, 0.15) is 24.8 Å². The number of benzene rings is 1. The lowest BCUT2D eigenvalue weighted by Crippen LogP contribution is -2.41. The lowest BCUT2D eigenvalue weighted by molar-refractivity contribution is 0.253. The van der Waals surface area contributed by atoms with Crippen LogP contribution in [0.15, 0.2) is 22.7 Å². The van der Waals surface area contributed by atoms with Gasteiger partial charge in [-0.25, -0.2) is 0 Å². The highest BCUT2D eigenvalue weighted by Crippen LogP contribution is 2.46. The van der Waals surface area contributed by atoms with Crippen LogP contribution in [0.25, 0.3) is 0 Å². The number of hydrogen-bond donors (Lipinski definition) is 1. The summed E-state index contributed by atoms with van der Waals surface area (Å²) in [5.74, 6) is 0. The summed E-state index contributed by atoms with van der Waals surface area (Å²) in [6, 6.07) is 6.01. The quantitative estimate of drug-likeness (QED) is 0.878. The van der Waals surface area contributed by atoms with E-state index in [0.717, 1.165) is 9.50 Å². The highest BCUT2D eigenvalue weighted by Gasteiger charge is 2.38. The molecule has 1 nitrogen and oxygen atoms in total. The van der Waals surface area contributed by atoms with Gasteiger partial charge in [0.1, 0.15) is 0 Å². The van der Waals surface area contributed by atoms with E-state index in [-0.39, 0.29) is 5.41 Å². The van der Waals surface area contributed by atoms with E-state index >= 15 is 0 Å². The Labute approximate surface area is 97.8 Å². The van der Waals surface area contributed by atoms with Gasteiger partial charge in [-0.3, -0.25) is 0 Å². The summed E-state index contributed by atoms with van der Waals surface area (Å²) in [7, 11) is 0. The normalized spacial score (nSPS) is 19.1. The average molecular weight is 275 g/mol. The van der Waals surface area contributed by atoms with Crippen LogP contribution in [0.3, 0.4) is 0 Å². The molecule has 0 bridgehead atoms. The molecule has 1 aliphatic rings. The van der Waals surface area contributed by atoms with E-state index in [9.17, 15) is 0 Å². The predicted octanol–water partition coefficient (Wildman–Crippen LogP) is 3.48. The van der Waals surface area contributed by atoms with E-state index in [1.54, 1.807) is 0 Å². The molecule has 0 atom stereocenters. The zero-order valence-corrected chi connectivity index (χ0v) is 10.2. The summed E-state index contributed by atoms with van der Waals surface area (Å²) in [6.07, 6.45) is 3.60. The molecule has 1 saturated carbocycles. The van der Waals surface area contributed by atoms with E-state index in [4.69, 9.17) is 17.3 Å². The standard InChI is InChI=1S/C11H13BrClN/c12-8-2-3-10(13)9(6-8)11(7-14)4-1-5-11/h2-3,6H,1,4-5,7,14H2. The molecule has 0 amide bonds. The minimum absolute atomic E-state index is 0.154. The van der Waals surface area contributed by atoms with Crippen molar-refractivity contribution in [1.82, 2.24) is 0 Å². The van der Waals surface area contributed by atoms with Crippen molar-refractivity contribution in [3.05, 3.63) is 33.3 Å². The smallest absolute Gasteiger partial charge is 0.0444 e. The van der Waals surface area contributed by atoms with Crippen LogP contribution in [0.4, 0.5) is 0 Å². The minimum Gasteiger partial charge on any atom is -0.330 e. The number of hydrogen-bond acceptors (Lipinski definition) is 1. The van der Waals surface area contributed by atoms with E-state index in [1.807, 2.05) is 12.1 Å². The second-order valence-corrected chi connectivity index (χ2v) is 5.29. The fraction of sp³-hybridized carbons (Fsp3) is 0.455. The van der Waals surface area contributed by atoms with E-state index in [2.05, 4.69) is 22.0 Å². The van der Waals surface area contributed by atoms with Crippen molar-refractivity contribution in [3.8, 4) is 0 Å². The molecular formula is C11H13BrClN. The van der Waals surface area contributed by atoms with Gasteiger partial charge in [0.2, 0.25) is 0 Å². The summed E-state index contributed by atoms with van der Waals surface area (Å²) in [4.78, 5) is 0. The predicted molar refractivity (Wildman–Crippen MR) is 63.7 cm³/mol. The van der Waals surface area contributed by atoms with Crippen molar-refractivity contribution >= 4 is 27.5 Å². The molecule has 0 aromatic heterocycles. The molecule has 0 heterocycles. The number of halogens is 2. The largest absolute Gasteiger partial charge is 0.330 e. The van der Waals surface area contributed by atoms with E-state index in [1.165, 1.54) is 24.8 Å². The molecular weight excluding hydrogens is 261 g/mol. The molecule has 1 aromatic rings. The van der Waals surface area contributed by atoms with Crippen LogP contribution in [0.2, 0.25) is 5.02 Å². The molecule has 76 valence electrons. The van der Waals surface area contributed by atoms with Crippen molar-refractivity contribution in [2.24, 2.45) is 5.73 Å². The summed E-state index contributed by atoms with van der Waals surface area (Å²) >= 11 is 9.67. The topological polar surface area (TPSA) is 26.0 Å². The van der Waals surface area contributed by atoms with Crippen molar-refractivity contribution in [1.29, 1.82) is 0 Å². The van der Waals surface area contributed by atoms with Crippen LogP contribution in [-0.2, 0) is 5.41 Å². The third kappa shape index (κ3) is 1.60. The van der Waals surface area contributed by atoms with Crippen LogP contribution < -0.4 is 5.73 Å². The third-order valence-corrected chi connectivity index (χ3v) is 4.02. The van der Waals surface area contributed by atoms with E-state index in [0.29, 0.717) is 6.54 Å². The number of rotatable bonds is 2. The Bertz CT molecular complexity index is 342. The highest BCUT2D eigenvalue weighted by molar-refractivity contribution is 9.10. The van der Waals surface area contributed by atoms with Gasteiger partial charge in [0.15, 0.2) is 0 Å². The van der Waals surface area contributed by atoms with Gasteiger partial charge in [-0.05, 0) is 36.6 Å². The minimum atomic E-state index is 0.154. The van der Waals surface area contributed by atoms with Crippen molar-refractivity contribution in [3.63, 3.8) is 0 Å². The van der Waals surface area contributed by atoms with Gasteiger partial charge in [-0.15, -0.1) is 0 Å². The summed E-state index contributed by atoms with van der Waals surface area (Å²) < 4.78 is 1.08. The van der Waals surface area contributed by atoms with Gasteiger partial charge in [0, 0.05) is 21.5 Å². The van der Waals surface area contributed by atoms with Crippen LogP contribution in [-0.4, -0.2) is 6.54 Å². The maximum absolute atomic E-state index is 6.20. The molecule has 1 aromatic carbocycles. The second kappa shape index (κ2) is 3.84. The fourth-order valence-electron chi connectivity index (χ4n) is 2.09. The Morgan fingerprint density at radius 3 is 2.64 bits per heavy atom.